The predicted molar refractivity (Wildman–Crippen MR) is 212 cm³/mol. The van der Waals surface area contributed by atoms with Gasteiger partial charge >= 0.3 is 6.01 Å². The van der Waals surface area contributed by atoms with Crippen LogP contribution < -0.4 is 31.2 Å². The zero-order chi connectivity index (χ0) is 38.5. The van der Waals surface area contributed by atoms with E-state index in [1.807, 2.05) is 0 Å². The molecule has 13 heteroatoms. The smallest absolute Gasteiger partial charge is 0.319 e. The van der Waals surface area contributed by atoms with Gasteiger partial charge in [-0.25, -0.2) is 8.78 Å². The van der Waals surface area contributed by atoms with Crippen LogP contribution in [0.3, 0.4) is 0 Å². The maximum Gasteiger partial charge on any atom is 0.319 e. The molecule has 9 rings (SSSR count). The standard InChI is InChI=1S/C42H44F2N8O3/c1-21-13-29-36-38(33-22(2)32-30(44)8-7-24-14-27(53)16-28(34(24)32)35(33)37(29)47-23(21)3)48-41(55-20-42-9-12-52(42)18-25(43)17-42)49-39(36)51-11-6-10-46-26(19-51)15-31(45)40(54)50(4)5/h7-8,13-16,21,23,25,53H,2,6,9-12,17-20,45H2,1,3-5H3/b31-15-. The molecule has 55 heavy (non-hydrogen) atoms. The molecule has 5 heterocycles. The topological polar surface area (TPSA) is 133 Å². The van der Waals surface area contributed by atoms with Crippen molar-refractivity contribution in [2.24, 2.45) is 21.6 Å². The molecule has 4 aromatic carbocycles. The van der Waals surface area contributed by atoms with Crippen LogP contribution in [0, 0.1) is 11.7 Å². The number of aromatic nitrogens is 2. The number of aromatic hydroxyl groups is 1. The number of rotatable bonds is 6. The molecule has 0 bridgehead atoms. The number of likely N-dealkylation sites (N-methyl/N-ethyl adjacent to an activating group) is 1. The number of anilines is 1. The van der Waals surface area contributed by atoms with Crippen LogP contribution in [0.15, 0.2) is 46.0 Å². The van der Waals surface area contributed by atoms with Crippen molar-refractivity contribution in [2.45, 2.75) is 50.9 Å². The predicted octanol–water partition coefficient (Wildman–Crippen LogP) is 3.65. The third-order valence-corrected chi connectivity index (χ3v) is 12.1. The molecule has 2 fully saturated rings. The molecule has 3 N–H and O–H groups in total. The Morgan fingerprint density at radius 3 is 2.71 bits per heavy atom. The second-order valence-electron chi connectivity index (χ2n) is 15.9. The van der Waals surface area contributed by atoms with Crippen molar-refractivity contribution in [3.63, 3.8) is 0 Å². The molecule has 5 aromatic rings. The highest BCUT2D eigenvalue weighted by atomic mass is 19.1. The number of alkyl halides is 1. The third-order valence-electron chi connectivity index (χ3n) is 12.1. The van der Waals surface area contributed by atoms with Crippen LogP contribution >= 0.6 is 0 Å². The van der Waals surface area contributed by atoms with E-state index in [4.69, 9.17) is 30.4 Å². The molecule has 1 aromatic heterocycles. The molecule has 4 unspecified atom stereocenters. The van der Waals surface area contributed by atoms with Crippen LogP contribution in [0.2, 0.25) is 0 Å². The van der Waals surface area contributed by atoms with Gasteiger partial charge in [0.1, 0.15) is 30.2 Å². The first-order valence-electron chi connectivity index (χ1n) is 18.9. The number of carbonyl (C=O) groups is 1. The van der Waals surface area contributed by atoms with Crippen molar-refractivity contribution in [3.05, 3.63) is 57.7 Å². The molecule has 284 valence electrons. The van der Waals surface area contributed by atoms with E-state index in [0.717, 1.165) is 18.2 Å². The number of hydrogen-bond donors (Lipinski definition) is 2. The normalized spacial score (nSPS) is 24.3. The SMILES string of the molecule is C=c1c2c(F)ccc3cc(O)cc(c4c5c(c6c(N7CCCN=C(/C=C(\N)C(=O)N(C)C)C7)nc(OCC78CCN7CC(F)C8)nc6c14)=CC(C)C(C)N=5)c32. The van der Waals surface area contributed by atoms with Crippen LogP contribution in [-0.4, -0.2) is 108 Å². The van der Waals surface area contributed by atoms with Gasteiger partial charge in [-0.3, -0.25) is 19.7 Å². The highest BCUT2D eigenvalue weighted by Crippen LogP contribution is 2.42. The first kappa shape index (κ1) is 35.3. The number of carbonyl (C=O) groups excluding carboxylic acids is 1. The fourth-order valence-corrected chi connectivity index (χ4v) is 9.08. The van der Waals surface area contributed by atoms with Crippen LogP contribution in [0.5, 0.6) is 11.8 Å². The summed E-state index contributed by atoms with van der Waals surface area (Å²) < 4.78 is 37.3. The second kappa shape index (κ2) is 12.8. The van der Waals surface area contributed by atoms with Gasteiger partial charge in [-0.1, -0.05) is 25.6 Å². The van der Waals surface area contributed by atoms with Crippen molar-refractivity contribution in [1.29, 1.82) is 0 Å². The Labute approximate surface area is 316 Å². The highest BCUT2D eigenvalue weighted by Gasteiger charge is 2.52. The first-order valence-corrected chi connectivity index (χ1v) is 18.9. The van der Waals surface area contributed by atoms with Gasteiger partial charge in [-0.05, 0) is 65.9 Å². The third kappa shape index (κ3) is 5.57. The van der Waals surface area contributed by atoms with Crippen molar-refractivity contribution in [1.82, 2.24) is 19.8 Å². The number of ether oxygens (including phenoxy) is 1. The largest absolute Gasteiger partial charge is 0.508 e. The van der Waals surface area contributed by atoms with E-state index in [2.05, 4.69) is 36.3 Å². The maximum absolute atomic E-state index is 16.1. The number of hydrogen-bond acceptors (Lipinski definition) is 10. The number of aliphatic imine (C=N–C) groups is 1. The minimum Gasteiger partial charge on any atom is -0.508 e. The fraction of sp³-hybridized carbons (Fsp3) is 0.405. The van der Waals surface area contributed by atoms with Crippen LogP contribution in [0.4, 0.5) is 14.6 Å². The highest BCUT2D eigenvalue weighted by molar-refractivity contribution is 6.26. The molecule has 0 aliphatic carbocycles. The van der Waals surface area contributed by atoms with E-state index < -0.39 is 17.5 Å². The van der Waals surface area contributed by atoms with Gasteiger partial charge in [-0.2, -0.15) is 9.97 Å². The van der Waals surface area contributed by atoms with E-state index in [1.165, 1.54) is 11.0 Å². The van der Waals surface area contributed by atoms with Crippen LogP contribution in [0.1, 0.15) is 33.1 Å². The van der Waals surface area contributed by atoms with Gasteiger partial charge in [0, 0.05) is 73.5 Å². The molecule has 11 nitrogen and oxygen atoms in total. The number of benzene rings is 4. The number of amides is 1. The van der Waals surface area contributed by atoms with Gasteiger partial charge in [0.25, 0.3) is 5.91 Å². The average Bonchev–Trinajstić information content (AvgIpc) is 3.26. The molecule has 0 saturated carbocycles. The van der Waals surface area contributed by atoms with E-state index >= 15 is 4.39 Å². The number of nitrogens with zero attached hydrogens (tertiary/aromatic N) is 7. The number of phenolic OH excluding ortho intramolecular Hbond substituents is 1. The lowest BCUT2D eigenvalue weighted by atomic mass is 9.86. The quantitative estimate of drug-likeness (QED) is 0.153. The summed E-state index contributed by atoms with van der Waals surface area (Å²) in [5.74, 6) is -0.0869. The van der Waals surface area contributed by atoms with E-state index in [-0.39, 0.29) is 48.5 Å². The van der Waals surface area contributed by atoms with Gasteiger partial charge in [-0.15, -0.1) is 0 Å². The summed E-state index contributed by atoms with van der Waals surface area (Å²) >= 11 is 0. The summed E-state index contributed by atoms with van der Waals surface area (Å²) in [4.78, 5) is 38.8. The number of halogens is 2. The molecule has 0 spiro atoms. The Bertz CT molecular complexity index is 2720. The van der Waals surface area contributed by atoms with Crippen LogP contribution in [-0.2, 0) is 4.79 Å². The average molecular weight is 747 g/mol. The van der Waals surface area contributed by atoms with Gasteiger partial charge in [0.15, 0.2) is 0 Å². The summed E-state index contributed by atoms with van der Waals surface area (Å²) in [6, 6.07) is 6.40. The lowest BCUT2D eigenvalue weighted by Gasteiger charge is -2.47. The van der Waals surface area contributed by atoms with Gasteiger partial charge in [0.05, 0.1) is 45.8 Å². The van der Waals surface area contributed by atoms with Gasteiger partial charge in [0.2, 0.25) is 0 Å². The summed E-state index contributed by atoms with van der Waals surface area (Å²) in [6.07, 6.45) is 4.78. The number of nitrogens with two attached hydrogens (primary N) is 1. The monoisotopic (exact) mass is 746 g/mol. The van der Waals surface area contributed by atoms with Crippen molar-refractivity contribution in [3.8, 4) is 11.8 Å². The van der Waals surface area contributed by atoms with Crippen molar-refractivity contribution in [2.75, 3.05) is 58.3 Å². The summed E-state index contributed by atoms with van der Waals surface area (Å²) in [7, 11) is 3.29. The Balaban J connectivity index is 1.36. The van der Waals surface area contributed by atoms with Gasteiger partial charge < -0.3 is 25.4 Å². The lowest BCUT2D eigenvalue weighted by Crippen LogP contribution is -2.59. The zero-order valence-electron chi connectivity index (χ0n) is 31.5. The zero-order valence-corrected chi connectivity index (χ0v) is 31.5. The molecule has 1 amide bonds. The Morgan fingerprint density at radius 1 is 1.15 bits per heavy atom. The van der Waals surface area contributed by atoms with Crippen LogP contribution in [0.25, 0.3) is 55.9 Å². The molecule has 4 aliphatic heterocycles. The molecule has 4 atom stereocenters. The summed E-state index contributed by atoms with van der Waals surface area (Å²) in [5, 5.41) is 17.3. The second-order valence-corrected chi connectivity index (χ2v) is 15.9. The Morgan fingerprint density at radius 2 is 1.96 bits per heavy atom. The summed E-state index contributed by atoms with van der Waals surface area (Å²) in [5.41, 5.74) is 7.04. The van der Waals surface area contributed by atoms with E-state index in [9.17, 15) is 14.3 Å². The number of fused-ring (bicyclic) bond motifs is 8. The molecule has 0 radical (unpaired) electrons. The Hall–Kier alpha value is -5.43. The van der Waals surface area contributed by atoms with Crippen molar-refractivity contribution < 1.29 is 23.4 Å². The molecule has 2 saturated heterocycles. The first-order chi connectivity index (χ1) is 26.3. The van der Waals surface area contributed by atoms with Crippen molar-refractivity contribution >= 4 is 73.3 Å². The fourth-order valence-electron chi connectivity index (χ4n) is 9.08. The molecule has 4 aliphatic rings. The van der Waals surface area contributed by atoms with E-state index in [0.29, 0.717) is 97.8 Å². The minimum atomic E-state index is -0.923. The van der Waals surface area contributed by atoms with E-state index in [1.54, 1.807) is 38.4 Å². The Kier molecular flexibility index (Phi) is 8.23. The minimum absolute atomic E-state index is 0.0458. The molecular formula is C42H44F2N8O3. The maximum atomic E-state index is 16.1. The molecular weight excluding hydrogens is 703 g/mol. The lowest BCUT2D eigenvalue weighted by molar-refractivity contribution is -0.124. The summed E-state index contributed by atoms with van der Waals surface area (Å²) in [6.45, 7) is 11.5. The number of phenols is 1.